The molecule has 18 heavy (non-hydrogen) atoms. The van der Waals surface area contributed by atoms with Crippen LogP contribution in [0.15, 0.2) is 24.3 Å². The zero-order valence-electron chi connectivity index (χ0n) is 11.4. The van der Waals surface area contributed by atoms with Crippen LogP contribution in [-0.4, -0.2) is 37.7 Å². The number of hydrogen-bond donors (Lipinski definition) is 0. The third-order valence-electron chi connectivity index (χ3n) is 4.41. The van der Waals surface area contributed by atoms with Gasteiger partial charge in [-0.15, -0.1) is 0 Å². The number of rotatable bonds is 2. The summed E-state index contributed by atoms with van der Waals surface area (Å²) < 4.78 is 11.9. The number of likely N-dealkylation sites (tertiary alicyclic amines) is 1. The lowest BCUT2D eigenvalue weighted by molar-refractivity contribution is -0.0156. The van der Waals surface area contributed by atoms with E-state index in [9.17, 15) is 0 Å². The van der Waals surface area contributed by atoms with Crippen LogP contribution in [0, 0.1) is 6.92 Å². The second-order valence-corrected chi connectivity index (χ2v) is 5.59. The van der Waals surface area contributed by atoms with Crippen molar-refractivity contribution in [1.29, 1.82) is 0 Å². The molecule has 1 spiro atoms. The van der Waals surface area contributed by atoms with E-state index in [4.69, 9.17) is 9.47 Å². The van der Waals surface area contributed by atoms with Crippen molar-refractivity contribution in [3.8, 4) is 0 Å². The van der Waals surface area contributed by atoms with Gasteiger partial charge in [0.2, 0.25) is 5.79 Å². The van der Waals surface area contributed by atoms with Gasteiger partial charge in [-0.3, -0.25) is 0 Å². The van der Waals surface area contributed by atoms with Crippen LogP contribution in [0.2, 0.25) is 0 Å². The summed E-state index contributed by atoms with van der Waals surface area (Å²) in [5.41, 5.74) is 2.33. The first-order valence-corrected chi connectivity index (χ1v) is 6.63. The highest BCUT2D eigenvalue weighted by atomic mass is 16.8. The molecule has 1 aromatic rings. The fraction of sp³-hybridized carbons (Fsp3) is 0.600. The van der Waals surface area contributed by atoms with Gasteiger partial charge in [0.05, 0.1) is 0 Å². The highest BCUT2D eigenvalue weighted by Crippen LogP contribution is 2.61. The molecule has 0 amide bonds. The van der Waals surface area contributed by atoms with Crippen molar-refractivity contribution in [2.75, 3.05) is 27.2 Å². The molecule has 0 aliphatic carbocycles. The van der Waals surface area contributed by atoms with Crippen LogP contribution in [0.3, 0.4) is 0 Å². The van der Waals surface area contributed by atoms with E-state index in [2.05, 4.69) is 43.1 Å². The molecular formula is C15H21NO2. The van der Waals surface area contributed by atoms with E-state index in [1.165, 1.54) is 5.56 Å². The maximum atomic E-state index is 6.11. The predicted molar refractivity (Wildman–Crippen MR) is 70.4 cm³/mol. The van der Waals surface area contributed by atoms with Gasteiger partial charge in [-0.2, -0.15) is 0 Å². The molecule has 3 rings (SSSR count). The minimum Gasteiger partial charge on any atom is -0.347 e. The van der Waals surface area contributed by atoms with E-state index in [0.717, 1.165) is 31.5 Å². The number of methoxy groups -OCH3 is 1. The summed E-state index contributed by atoms with van der Waals surface area (Å²) in [6.07, 6.45) is 2.09. The summed E-state index contributed by atoms with van der Waals surface area (Å²) in [5.74, 6) is -0.498. The van der Waals surface area contributed by atoms with E-state index >= 15 is 0 Å². The van der Waals surface area contributed by atoms with E-state index in [1.54, 1.807) is 7.11 Å². The molecule has 0 radical (unpaired) electrons. The van der Waals surface area contributed by atoms with Crippen LogP contribution in [-0.2, 0) is 15.3 Å². The Labute approximate surface area is 109 Å². The minimum absolute atomic E-state index is 0.0937. The summed E-state index contributed by atoms with van der Waals surface area (Å²) >= 11 is 0. The average Bonchev–Trinajstić information content (AvgIpc) is 3.03. The lowest BCUT2D eigenvalue weighted by Gasteiger charge is -2.29. The van der Waals surface area contributed by atoms with Crippen molar-refractivity contribution in [2.24, 2.45) is 0 Å². The van der Waals surface area contributed by atoms with Crippen molar-refractivity contribution < 1.29 is 9.47 Å². The van der Waals surface area contributed by atoms with Gasteiger partial charge >= 0.3 is 0 Å². The minimum atomic E-state index is -0.498. The number of epoxide rings is 1. The summed E-state index contributed by atoms with van der Waals surface area (Å²) in [4.78, 5) is 2.35. The van der Waals surface area contributed by atoms with E-state index in [0.29, 0.717) is 0 Å². The van der Waals surface area contributed by atoms with Crippen molar-refractivity contribution in [3.05, 3.63) is 35.4 Å². The smallest absolute Gasteiger partial charge is 0.225 e. The highest BCUT2D eigenvalue weighted by Gasteiger charge is 2.72. The molecule has 1 aromatic carbocycles. The third-order valence-corrected chi connectivity index (χ3v) is 4.41. The van der Waals surface area contributed by atoms with Gasteiger partial charge in [-0.1, -0.05) is 29.8 Å². The molecular weight excluding hydrogens is 226 g/mol. The van der Waals surface area contributed by atoms with Crippen LogP contribution in [0.4, 0.5) is 0 Å². The van der Waals surface area contributed by atoms with E-state index in [1.807, 2.05) is 0 Å². The molecule has 0 saturated carbocycles. The average molecular weight is 247 g/mol. The Balaban J connectivity index is 1.87. The number of benzene rings is 1. The zero-order valence-corrected chi connectivity index (χ0v) is 11.4. The second kappa shape index (κ2) is 4.05. The molecule has 2 fully saturated rings. The van der Waals surface area contributed by atoms with Crippen molar-refractivity contribution >= 4 is 0 Å². The number of aryl methyl sites for hydroxylation is 1. The van der Waals surface area contributed by atoms with Crippen LogP contribution in [0.1, 0.15) is 24.0 Å². The first kappa shape index (κ1) is 12.2. The van der Waals surface area contributed by atoms with Gasteiger partial charge in [0.1, 0.15) is 5.60 Å². The quantitative estimate of drug-likeness (QED) is 0.750. The second-order valence-electron chi connectivity index (χ2n) is 5.59. The van der Waals surface area contributed by atoms with Gasteiger partial charge in [0.25, 0.3) is 0 Å². The maximum Gasteiger partial charge on any atom is 0.225 e. The van der Waals surface area contributed by atoms with Crippen molar-refractivity contribution in [2.45, 2.75) is 31.2 Å². The summed E-state index contributed by atoms with van der Waals surface area (Å²) in [6, 6.07) is 8.51. The van der Waals surface area contributed by atoms with Crippen molar-refractivity contribution in [1.82, 2.24) is 4.90 Å². The molecule has 2 saturated heterocycles. The fourth-order valence-corrected chi connectivity index (χ4v) is 3.10. The Morgan fingerprint density at radius 1 is 1.17 bits per heavy atom. The Morgan fingerprint density at radius 3 is 2.33 bits per heavy atom. The van der Waals surface area contributed by atoms with E-state index in [-0.39, 0.29) is 5.60 Å². The molecule has 0 N–H and O–H groups in total. The standard InChI is InChI=1S/C15H21NO2/c1-12-4-6-13(7-5-12)15(17-3)14(18-15)8-10-16(2)11-9-14/h4-7H,8-11H2,1-3H3. The summed E-state index contributed by atoms with van der Waals surface area (Å²) in [5, 5.41) is 0. The molecule has 3 heteroatoms. The van der Waals surface area contributed by atoms with Gasteiger partial charge in [0, 0.05) is 25.8 Å². The first-order valence-electron chi connectivity index (χ1n) is 6.63. The number of piperidine rings is 1. The normalized spacial score (nSPS) is 30.6. The predicted octanol–water partition coefficient (Wildman–Crippen LogP) is 2.29. The molecule has 2 heterocycles. The van der Waals surface area contributed by atoms with Gasteiger partial charge < -0.3 is 14.4 Å². The molecule has 1 unspecified atom stereocenters. The molecule has 98 valence electrons. The monoisotopic (exact) mass is 247 g/mol. The highest BCUT2D eigenvalue weighted by molar-refractivity contribution is 5.33. The topological polar surface area (TPSA) is 25.0 Å². The molecule has 2 aliphatic heterocycles. The molecule has 3 nitrogen and oxygen atoms in total. The molecule has 0 aromatic heterocycles. The summed E-state index contributed by atoms with van der Waals surface area (Å²) in [7, 11) is 3.92. The molecule has 0 bridgehead atoms. The molecule has 1 atom stereocenters. The number of hydrogen-bond acceptors (Lipinski definition) is 3. The van der Waals surface area contributed by atoms with Crippen LogP contribution >= 0.6 is 0 Å². The Hall–Kier alpha value is -0.900. The maximum absolute atomic E-state index is 6.11. The summed E-state index contributed by atoms with van der Waals surface area (Å²) in [6.45, 7) is 4.26. The first-order chi connectivity index (χ1) is 8.62. The zero-order chi connectivity index (χ0) is 12.8. The number of ether oxygens (including phenoxy) is 2. The lowest BCUT2D eigenvalue weighted by Crippen LogP contribution is -2.39. The van der Waals surface area contributed by atoms with Crippen LogP contribution in [0.25, 0.3) is 0 Å². The lowest BCUT2D eigenvalue weighted by atomic mass is 9.87. The van der Waals surface area contributed by atoms with Gasteiger partial charge in [-0.25, -0.2) is 0 Å². The van der Waals surface area contributed by atoms with Gasteiger partial charge in [-0.05, 0) is 26.8 Å². The van der Waals surface area contributed by atoms with Crippen LogP contribution in [0.5, 0.6) is 0 Å². The third kappa shape index (κ3) is 1.62. The fourth-order valence-electron chi connectivity index (χ4n) is 3.10. The SMILES string of the molecule is COC1(c2ccc(C)cc2)OC12CCN(C)CC2. The van der Waals surface area contributed by atoms with Crippen molar-refractivity contribution in [3.63, 3.8) is 0 Å². The van der Waals surface area contributed by atoms with E-state index < -0.39 is 5.79 Å². The Bertz CT molecular complexity index is 434. The number of nitrogens with zero attached hydrogens (tertiary/aromatic N) is 1. The van der Waals surface area contributed by atoms with Gasteiger partial charge in [0.15, 0.2) is 0 Å². The van der Waals surface area contributed by atoms with Crippen LogP contribution < -0.4 is 0 Å². The largest absolute Gasteiger partial charge is 0.347 e. The Morgan fingerprint density at radius 2 is 1.78 bits per heavy atom. The molecule has 2 aliphatic rings. The Kier molecular flexibility index (Phi) is 2.73.